The van der Waals surface area contributed by atoms with Gasteiger partial charge in [-0.3, -0.25) is 4.79 Å². The number of amides is 1. The van der Waals surface area contributed by atoms with Crippen molar-refractivity contribution >= 4 is 17.5 Å². The third-order valence-electron chi connectivity index (χ3n) is 2.55. The van der Waals surface area contributed by atoms with Crippen LogP contribution in [-0.4, -0.2) is 55.2 Å². The van der Waals surface area contributed by atoms with Gasteiger partial charge in [0.1, 0.15) is 17.6 Å². The zero-order chi connectivity index (χ0) is 11.4. The lowest BCUT2D eigenvalue weighted by Gasteiger charge is -2.16. The second kappa shape index (κ2) is 5.68. The number of alkyl halides is 1. The lowest BCUT2D eigenvalue weighted by atomic mass is 10.2. The summed E-state index contributed by atoms with van der Waals surface area (Å²) in [5, 5.41) is -0.483. The fraction of sp³-hybridized carbons (Fsp3) is 0.900. The number of rotatable bonds is 4. The Hall–Kier alpha value is -0.320. The van der Waals surface area contributed by atoms with Gasteiger partial charge in [0, 0.05) is 26.8 Å². The molecule has 4 nitrogen and oxygen atoms in total. The van der Waals surface area contributed by atoms with Crippen LogP contribution in [0, 0.1) is 0 Å². The first-order valence-electron chi connectivity index (χ1n) is 5.17. The summed E-state index contributed by atoms with van der Waals surface area (Å²) < 4.78 is 10.8. The van der Waals surface area contributed by atoms with Crippen LogP contribution in [0.4, 0.5) is 0 Å². The van der Waals surface area contributed by atoms with Gasteiger partial charge in [-0.25, -0.2) is 0 Å². The van der Waals surface area contributed by atoms with Crippen LogP contribution in [0.15, 0.2) is 0 Å². The molecule has 1 saturated heterocycles. The summed E-state index contributed by atoms with van der Waals surface area (Å²) in [7, 11) is 1.63. The number of hydrogen-bond donors (Lipinski definition) is 0. The lowest BCUT2D eigenvalue weighted by molar-refractivity contribution is -0.130. The first-order valence-corrected chi connectivity index (χ1v) is 5.61. The van der Waals surface area contributed by atoms with Gasteiger partial charge in [-0.05, 0) is 13.8 Å². The maximum absolute atomic E-state index is 11.6. The molecule has 0 aromatic carbocycles. The van der Waals surface area contributed by atoms with Crippen LogP contribution in [0.5, 0.6) is 0 Å². The van der Waals surface area contributed by atoms with Gasteiger partial charge in [0.05, 0.1) is 0 Å². The highest BCUT2D eigenvalue weighted by Gasteiger charge is 2.36. The lowest BCUT2D eigenvalue weighted by Crippen LogP contribution is -2.34. The van der Waals surface area contributed by atoms with Crippen LogP contribution >= 0.6 is 11.6 Å². The Labute approximate surface area is 95.5 Å². The van der Waals surface area contributed by atoms with E-state index < -0.39 is 5.38 Å². The SMILES string of the molecule is CCO[C@@H]1CN(C(=O)[C@@H](C)Cl)C[C@@H]1OC. The zero-order valence-electron chi connectivity index (χ0n) is 9.40. The molecule has 0 aromatic rings. The third-order valence-corrected chi connectivity index (χ3v) is 2.74. The fourth-order valence-corrected chi connectivity index (χ4v) is 1.91. The first kappa shape index (κ1) is 12.7. The van der Waals surface area contributed by atoms with Crippen LogP contribution in [0.2, 0.25) is 0 Å². The molecular formula is C10H18ClNO3. The molecule has 1 aliphatic rings. The highest BCUT2D eigenvalue weighted by Crippen LogP contribution is 2.18. The van der Waals surface area contributed by atoms with Crippen LogP contribution in [0.25, 0.3) is 0 Å². The van der Waals surface area contributed by atoms with E-state index >= 15 is 0 Å². The van der Waals surface area contributed by atoms with E-state index in [0.717, 1.165) is 0 Å². The molecule has 5 heteroatoms. The van der Waals surface area contributed by atoms with Crippen molar-refractivity contribution in [2.75, 3.05) is 26.8 Å². The Balaban J connectivity index is 2.56. The van der Waals surface area contributed by atoms with Gasteiger partial charge < -0.3 is 14.4 Å². The molecule has 15 heavy (non-hydrogen) atoms. The predicted molar refractivity (Wildman–Crippen MR) is 58.1 cm³/mol. The van der Waals surface area contributed by atoms with Crippen LogP contribution < -0.4 is 0 Å². The quantitative estimate of drug-likeness (QED) is 0.679. The Morgan fingerprint density at radius 3 is 2.60 bits per heavy atom. The Morgan fingerprint density at radius 2 is 2.13 bits per heavy atom. The molecule has 0 aromatic heterocycles. The standard InChI is InChI=1S/C10H18ClNO3/c1-4-15-9-6-12(5-8(9)14-3)10(13)7(2)11/h7-9H,4-6H2,1-3H3/t7-,8+,9-/m1/s1. The van der Waals surface area contributed by atoms with E-state index in [9.17, 15) is 4.79 Å². The summed E-state index contributed by atoms with van der Waals surface area (Å²) >= 11 is 5.75. The molecule has 1 amide bonds. The zero-order valence-corrected chi connectivity index (χ0v) is 10.2. The maximum atomic E-state index is 11.6. The van der Waals surface area contributed by atoms with E-state index in [1.165, 1.54) is 0 Å². The van der Waals surface area contributed by atoms with E-state index in [-0.39, 0.29) is 18.1 Å². The van der Waals surface area contributed by atoms with Gasteiger partial charge in [0.25, 0.3) is 0 Å². The average Bonchev–Trinajstić information content (AvgIpc) is 2.60. The average molecular weight is 236 g/mol. The molecule has 1 rings (SSSR count). The van der Waals surface area contributed by atoms with Gasteiger partial charge >= 0.3 is 0 Å². The third kappa shape index (κ3) is 3.06. The minimum Gasteiger partial charge on any atom is -0.377 e. The van der Waals surface area contributed by atoms with Crippen molar-refractivity contribution in [2.45, 2.75) is 31.4 Å². The van der Waals surface area contributed by atoms with Crippen molar-refractivity contribution in [1.29, 1.82) is 0 Å². The second-order valence-corrected chi connectivity index (χ2v) is 4.28. The minimum atomic E-state index is -0.483. The molecule has 0 bridgehead atoms. The molecule has 0 spiro atoms. The Kier molecular flexibility index (Phi) is 4.83. The number of halogens is 1. The summed E-state index contributed by atoms with van der Waals surface area (Å²) in [4.78, 5) is 13.3. The van der Waals surface area contributed by atoms with Crippen molar-refractivity contribution in [3.05, 3.63) is 0 Å². The number of likely N-dealkylation sites (tertiary alicyclic amines) is 1. The summed E-state index contributed by atoms with van der Waals surface area (Å²) in [6.07, 6.45) is -0.0660. The van der Waals surface area contributed by atoms with Gasteiger partial charge in [-0.1, -0.05) is 0 Å². The second-order valence-electron chi connectivity index (χ2n) is 3.63. The summed E-state index contributed by atoms with van der Waals surface area (Å²) in [6, 6.07) is 0. The molecule has 3 atom stereocenters. The molecule has 0 N–H and O–H groups in total. The molecular weight excluding hydrogens is 218 g/mol. The fourth-order valence-electron chi connectivity index (χ4n) is 1.78. The topological polar surface area (TPSA) is 38.8 Å². The van der Waals surface area contributed by atoms with Crippen LogP contribution in [0.3, 0.4) is 0 Å². The minimum absolute atomic E-state index is 0.0284. The highest BCUT2D eigenvalue weighted by atomic mass is 35.5. The molecule has 1 aliphatic heterocycles. The van der Waals surface area contributed by atoms with Crippen molar-refractivity contribution in [1.82, 2.24) is 4.90 Å². The Morgan fingerprint density at radius 1 is 1.53 bits per heavy atom. The van der Waals surface area contributed by atoms with Crippen LogP contribution in [0.1, 0.15) is 13.8 Å². The van der Waals surface area contributed by atoms with Crippen molar-refractivity contribution in [2.24, 2.45) is 0 Å². The summed E-state index contributed by atoms with van der Waals surface area (Å²) in [6.45, 7) is 5.38. The monoisotopic (exact) mass is 235 g/mol. The first-order chi connectivity index (χ1) is 7.10. The smallest absolute Gasteiger partial charge is 0.240 e. The van der Waals surface area contributed by atoms with Gasteiger partial charge in [-0.2, -0.15) is 0 Å². The molecule has 88 valence electrons. The molecule has 0 unspecified atom stereocenters. The van der Waals surface area contributed by atoms with Gasteiger partial charge in [0.2, 0.25) is 5.91 Å². The van der Waals surface area contributed by atoms with E-state index in [1.54, 1.807) is 18.9 Å². The normalized spacial score (nSPS) is 28.1. The van der Waals surface area contributed by atoms with E-state index in [0.29, 0.717) is 19.7 Å². The van der Waals surface area contributed by atoms with Crippen molar-refractivity contribution in [3.8, 4) is 0 Å². The predicted octanol–water partition coefficient (Wildman–Crippen LogP) is 0.876. The van der Waals surface area contributed by atoms with Gasteiger partial charge in [0.15, 0.2) is 0 Å². The molecule has 0 aliphatic carbocycles. The number of methoxy groups -OCH3 is 1. The van der Waals surface area contributed by atoms with E-state index in [1.807, 2.05) is 6.92 Å². The maximum Gasteiger partial charge on any atom is 0.240 e. The number of ether oxygens (including phenoxy) is 2. The van der Waals surface area contributed by atoms with E-state index in [2.05, 4.69) is 0 Å². The Bertz CT molecular complexity index is 223. The van der Waals surface area contributed by atoms with Crippen LogP contribution in [-0.2, 0) is 14.3 Å². The largest absolute Gasteiger partial charge is 0.377 e. The van der Waals surface area contributed by atoms with Crippen molar-refractivity contribution < 1.29 is 14.3 Å². The number of nitrogens with zero attached hydrogens (tertiary/aromatic N) is 1. The molecule has 1 fully saturated rings. The van der Waals surface area contributed by atoms with Crippen molar-refractivity contribution in [3.63, 3.8) is 0 Å². The summed E-state index contributed by atoms with van der Waals surface area (Å²) in [5.41, 5.74) is 0. The highest BCUT2D eigenvalue weighted by molar-refractivity contribution is 6.30. The molecule has 0 saturated carbocycles. The summed E-state index contributed by atoms with van der Waals surface area (Å²) in [5.74, 6) is -0.0547. The number of carbonyl (C=O) groups is 1. The molecule has 1 heterocycles. The van der Waals surface area contributed by atoms with Gasteiger partial charge in [-0.15, -0.1) is 11.6 Å². The number of carbonyl (C=O) groups excluding carboxylic acids is 1. The number of hydrogen-bond acceptors (Lipinski definition) is 3. The molecule has 0 radical (unpaired) electrons. The van der Waals surface area contributed by atoms with E-state index in [4.69, 9.17) is 21.1 Å².